The van der Waals surface area contributed by atoms with Gasteiger partial charge >= 0.3 is 0 Å². The summed E-state index contributed by atoms with van der Waals surface area (Å²) in [5, 5.41) is 3.04. The first kappa shape index (κ1) is 14.3. The highest BCUT2D eigenvalue weighted by Gasteiger charge is 2.16. The number of para-hydroxylation sites is 1. The van der Waals surface area contributed by atoms with Crippen LogP contribution in [0.4, 0.5) is 4.39 Å². The number of hydrogen-bond acceptors (Lipinski definition) is 2. The van der Waals surface area contributed by atoms with Crippen molar-refractivity contribution in [3.8, 4) is 11.5 Å². The largest absolute Gasteiger partial charge is 0.456 e. The Kier molecular flexibility index (Phi) is 4.76. The fourth-order valence-electron chi connectivity index (χ4n) is 1.82. The zero-order chi connectivity index (χ0) is 13.8. The maximum atomic E-state index is 14.0. The van der Waals surface area contributed by atoms with Gasteiger partial charge < -0.3 is 10.1 Å². The summed E-state index contributed by atoms with van der Waals surface area (Å²) < 4.78 is 20.8. The van der Waals surface area contributed by atoms with Gasteiger partial charge in [-0.15, -0.1) is 0 Å². The summed E-state index contributed by atoms with van der Waals surface area (Å²) >= 11 is 2.20. The molecule has 0 bridgehead atoms. The molecule has 0 saturated heterocycles. The minimum atomic E-state index is -0.259. The van der Waals surface area contributed by atoms with Gasteiger partial charge in [-0.05, 0) is 60.8 Å². The predicted octanol–water partition coefficient (Wildman–Crippen LogP) is 4.50. The third-order valence-corrected chi connectivity index (χ3v) is 3.83. The maximum Gasteiger partial charge on any atom is 0.140 e. The predicted molar refractivity (Wildman–Crippen MR) is 83.1 cm³/mol. The normalized spacial score (nSPS) is 12.2. The summed E-state index contributed by atoms with van der Waals surface area (Å²) in [7, 11) is 1.80. The van der Waals surface area contributed by atoms with Crippen LogP contribution < -0.4 is 10.1 Å². The summed E-state index contributed by atoms with van der Waals surface area (Å²) in [6, 6.07) is 12.5. The Morgan fingerprint density at radius 2 is 1.79 bits per heavy atom. The molecule has 19 heavy (non-hydrogen) atoms. The lowest BCUT2D eigenvalue weighted by molar-refractivity contribution is 0.450. The Morgan fingerprint density at radius 1 is 1.11 bits per heavy atom. The van der Waals surface area contributed by atoms with Crippen LogP contribution in [0, 0.1) is 9.39 Å². The maximum absolute atomic E-state index is 14.0. The number of hydrogen-bond donors (Lipinski definition) is 1. The molecule has 1 atom stereocenters. The van der Waals surface area contributed by atoms with Gasteiger partial charge in [-0.3, -0.25) is 0 Å². The van der Waals surface area contributed by atoms with E-state index in [1.54, 1.807) is 19.2 Å². The van der Waals surface area contributed by atoms with Gasteiger partial charge in [0.1, 0.15) is 17.3 Å². The quantitative estimate of drug-likeness (QED) is 0.799. The number of rotatable bonds is 4. The summed E-state index contributed by atoms with van der Waals surface area (Å²) in [5.74, 6) is 1.02. The molecule has 1 unspecified atom stereocenters. The van der Waals surface area contributed by atoms with E-state index in [1.807, 2.05) is 31.2 Å². The van der Waals surface area contributed by atoms with Crippen molar-refractivity contribution in [3.63, 3.8) is 0 Å². The van der Waals surface area contributed by atoms with Crippen molar-refractivity contribution in [2.24, 2.45) is 0 Å². The van der Waals surface area contributed by atoms with Crippen molar-refractivity contribution in [2.75, 3.05) is 7.05 Å². The first-order chi connectivity index (χ1) is 9.13. The fraction of sp³-hybridized carbons (Fsp3) is 0.200. The Labute approximate surface area is 126 Å². The SMILES string of the molecule is CNC(C)c1c(F)cccc1Oc1ccccc1I. The molecular weight excluding hydrogens is 356 g/mol. The zero-order valence-corrected chi connectivity index (χ0v) is 12.9. The summed E-state index contributed by atoms with van der Waals surface area (Å²) in [4.78, 5) is 0. The molecule has 0 aliphatic carbocycles. The van der Waals surface area contributed by atoms with Gasteiger partial charge in [0.05, 0.1) is 3.57 Å². The lowest BCUT2D eigenvalue weighted by Gasteiger charge is -2.17. The molecule has 2 nitrogen and oxygen atoms in total. The molecule has 0 radical (unpaired) electrons. The molecule has 0 fully saturated rings. The summed E-state index contributed by atoms with van der Waals surface area (Å²) in [6.45, 7) is 1.90. The number of nitrogens with one attached hydrogen (secondary N) is 1. The second-order valence-corrected chi connectivity index (χ2v) is 5.36. The van der Waals surface area contributed by atoms with Crippen molar-refractivity contribution >= 4 is 22.6 Å². The molecule has 1 N–H and O–H groups in total. The Bertz CT molecular complexity index is 574. The summed E-state index contributed by atoms with van der Waals surface area (Å²) in [5.41, 5.74) is 0.546. The molecule has 0 aliphatic rings. The molecule has 0 saturated carbocycles. The van der Waals surface area contributed by atoms with E-state index in [2.05, 4.69) is 27.9 Å². The second-order valence-electron chi connectivity index (χ2n) is 4.19. The zero-order valence-electron chi connectivity index (χ0n) is 10.8. The molecule has 0 amide bonds. The number of benzene rings is 2. The van der Waals surface area contributed by atoms with Gasteiger partial charge in [-0.1, -0.05) is 18.2 Å². The smallest absolute Gasteiger partial charge is 0.140 e. The van der Waals surface area contributed by atoms with E-state index < -0.39 is 0 Å². The van der Waals surface area contributed by atoms with Crippen molar-refractivity contribution in [3.05, 3.63) is 57.4 Å². The molecule has 0 heterocycles. The first-order valence-corrected chi connectivity index (χ1v) is 7.09. The van der Waals surface area contributed by atoms with E-state index in [-0.39, 0.29) is 11.9 Å². The Hall–Kier alpha value is -1.14. The average molecular weight is 371 g/mol. The van der Waals surface area contributed by atoms with Crippen LogP contribution in [0.3, 0.4) is 0 Å². The van der Waals surface area contributed by atoms with Crippen LogP contribution in [0.1, 0.15) is 18.5 Å². The number of ether oxygens (including phenoxy) is 1. The standard InChI is InChI=1S/C15H15FINO/c1-10(18-2)15-11(16)6-5-9-14(15)19-13-8-4-3-7-12(13)17/h3-10,18H,1-2H3. The van der Waals surface area contributed by atoms with E-state index in [0.29, 0.717) is 11.3 Å². The first-order valence-electron chi connectivity index (χ1n) is 6.01. The van der Waals surface area contributed by atoms with Gasteiger partial charge in [0.25, 0.3) is 0 Å². The van der Waals surface area contributed by atoms with Crippen LogP contribution in [0.2, 0.25) is 0 Å². The highest BCUT2D eigenvalue weighted by molar-refractivity contribution is 14.1. The minimum absolute atomic E-state index is 0.113. The third-order valence-electron chi connectivity index (χ3n) is 2.94. The van der Waals surface area contributed by atoms with Crippen LogP contribution in [0.15, 0.2) is 42.5 Å². The average Bonchev–Trinajstić information content (AvgIpc) is 2.41. The monoisotopic (exact) mass is 371 g/mol. The second kappa shape index (κ2) is 6.34. The molecule has 2 aromatic carbocycles. The van der Waals surface area contributed by atoms with Gasteiger partial charge in [-0.25, -0.2) is 4.39 Å². The van der Waals surface area contributed by atoms with Crippen LogP contribution in [0.25, 0.3) is 0 Å². The van der Waals surface area contributed by atoms with E-state index >= 15 is 0 Å². The molecule has 2 rings (SSSR count). The van der Waals surface area contributed by atoms with Crippen molar-refractivity contribution < 1.29 is 9.13 Å². The molecule has 4 heteroatoms. The molecule has 2 aromatic rings. The van der Waals surface area contributed by atoms with Gasteiger partial charge in [0, 0.05) is 11.6 Å². The third kappa shape index (κ3) is 3.25. The van der Waals surface area contributed by atoms with Gasteiger partial charge in [-0.2, -0.15) is 0 Å². The topological polar surface area (TPSA) is 21.3 Å². The highest BCUT2D eigenvalue weighted by Crippen LogP contribution is 2.33. The van der Waals surface area contributed by atoms with E-state index in [9.17, 15) is 4.39 Å². The Morgan fingerprint density at radius 3 is 2.47 bits per heavy atom. The summed E-state index contributed by atoms with van der Waals surface area (Å²) in [6.07, 6.45) is 0. The molecule has 100 valence electrons. The van der Waals surface area contributed by atoms with Crippen LogP contribution >= 0.6 is 22.6 Å². The fourth-order valence-corrected chi connectivity index (χ4v) is 2.31. The molecular formula is C15H15FINO. The highest BCUT2D eigenvalue weighted by atomic mass is 127. The Balaban J connectivity index is 2.40. The lowest BCUT2D eigenvalue weighted by Crippen LogP contribution is -2.15. The van der Waals surface area contributed by atoms with Crippen LogP contribution in [0.5, 0.6) is 11.5 Å². The molecule has 0 aromatic heterocycles. The minimum Gasteiger partial charge on any atom is -0.456 e. The van der Waals surface area contributed by atoms with Gasteiger partial charge in [0.2, 0.25) is 0 Å². The van der Waals surface area contributed by atoms with Crippen LogP contribution in [-0.2, 0) is 0 Å². The van der Waals surface area contributed by atoms with Crippen LogP contribution in [-0.4, -0.2) is 7.05 Å². The molecule has 0 spiro atoms. The molecule has 0 aliphatic heterocycles. The van der Waals surface area contributed by atoms with E-state index in [0.717, 1.165) is 9.32 Å². The lowest BCUT2D eigenvalue weighted by atomic mass is 10.1. The van der Waals surface area contributed by atoms with Crippen molar-refractivity contribution in [1.29, 1.82) is 0 Å². The van der Waals surface area contributed by atoms with E-state index in [4.69, 9.17) is 4.74 Å². The van der Waals surface area contributed by atoms with Crippen molar-refractivity contribution in [2.45, 2.75) is 13.0 Å². The van der Waals surface area contributed by atoms with Gasteiger partial charge in [0.15, 0.2) is 0 Å². The van der Waals surface area contributed by atoms with E-state index in [1.165, 1.54) is 6.07 Å². The number of halogens is 2. The van der Waals surface area contributed by atoms with Crippen molar-refractivity contribution in [1.82, 2.24) is 5.32 Å².